The topological polar surface area (TPSA) is 29.4 Å². The zero-order valence-corrected chi connectivity index (χ0v) is 6.84. The van der Waals surface area contributed by atoms with E-state index in [9.17, 15) is 4.91 Å². The maximum absolute atomic E-state index is 9.94. The molecule has 1 aromatic rings. The molecule has 52 valence electrons. The van der Waals surface area contributed by atoms with Gasteiger partial charge in [-0.2, -0.15) is 0 Å². The van der Waals surface area contributed by atoms with Gasteiger partial charge in [0.1, 0.15) is 5.69 Å². The minimum Gasteiger partial charge on any atom is -0.145 e. The Kier molecular flexibility index (Phi) is 2.57. The Labute approximate surface area is 67.4 Å². The summed E-state index contributed by atoms with van der Waals surface area (Å²) in [5.74, 6) is 0. The lowest BCUT2D eigenvalue weighted by atomic mass is 10.2. The second kappa shape index (κ2) is 3.46. The summed E-state index contributed by atoms with van der Waals surface area (Å²) in [5.41, 5.74) is 1.62. The summed E-state index contributed by atoms with van der Waals surface area (Å²) in [6.45, 7) is 0. The Bertz CT molecular complexity index is 220. The van der Waals surface area contributed by atoms with Crippen LogP contribution in [0.1, 0.15) is 5.56 Å². The highest BCUT2D eigenvalue weighted by atomic mass is 79.9. The van der Waals surface area contributed by atoms with Crippen LogP contribution in [0.25, 0.3) is 0 Å². The van der Waals surface area contributed by atoms with Gasteiger partial charge in [0.15, 0.2) is 0 Å². The largest absolute Gasteiger partial charge is 0.145 e. The van der Waals surface area contributed by atoms with Gasteiger partial charge in [0.25, 0.3) is 0 Å². The summed E-state index contributed by atoms with van der Waals surface area (Å²) in [7, 11) is 0. The summed E-state index contributed by atoms with van der Waals surface area (Å²) in [5, 5.41) is 3.59. The third-order valence-corrected chi connectivity index (χ3v) is 1.84. The number of nitrogens with zero attached hydrogens (tertiary/aromatic N) is 1. The van der Waals surface area contributed by atoms with Crippen LogP contribution in [-0.4, -0.2) is 0 Å². The average Bonchev–Trinajstić information content (AvgIpc) is 2.05. The number of halogens is 1. The van der Waals surface area contributed by atoms with E-state index < -0.39 is 0 Å². The zero-order chi connectivity index (χ0) is 7.40. The van der Waals surface area contributed by atoms with Gasteiger partial charge in [-0.25, -0.2) is 0 Å². The number of benzene rings is 1. The SMILES string of the molecule is O=Nc1ccc(CBr)cc1. The number of nitroso groups, excluding NO2 is 1. The van der Waals surface area contributed by atoms with Crippen molar-refractivity contribution in [2.24, 2.45) is 5.18 Å². The third kappa shape index (κ3) is 1.64. The molecule has 0 saturated carbocycles. The summed E-state index contributed by atoms with van der Waals surface area (Å²) in [4.78, 5) is 9.94. The molecule has 0 unspecified atom stereocenters. The van der Waals surface area contributed by atoms with Crippen LogP contribution < -0.4 is 0 Å². The van der Waals surface area contributed by atoms with Crippen LogP contribution in [0.2, 0.25) is 0 Å². The molecule has 0 spiro atoms. The quantitative estimate of drug-likeness (QED) is 0.532. The first-order chi connectivity index (χ1) is 4.86. The lowest BCUT2D eigenvalue weighted by molar-refractivity contribution is 1.40. The minimum absolute atomic E-state index is 0.477. The van der Waals surface area contributed by atoms with E-state index in [-0.39, 0.29) is 0 Å². The molecule has 0 aliphatic rings. The molecule has 0 fully saturated rings. The van der Waals surface area contributed by atoms with E-state index in [1.165, 1.54) is 0 Å². The Morgan fingerprint density at radius 2 is 1.90 bits per heavy atom. The summed E-state index contributed by atoms with van der Waals surface area (Å²) in [6, 6.07) is 7.13. The van der Waals surface area contributed by atoms with Gasteiger partial charge in [-0.1, -0.05) is 28.1 Å². The molecule has 10 heavy (non-hydrogen) atoms. The highest BCUT2D eigenvalue weighted by molar-refractivity contribution is 9.08. The van der Waals surface area contributed by atoms with Crippen LogP contribution >= 0.6 is 15.9 Å². The molecular formula is C7H6BrNO. The van der Waals surface area contributed by atoms with Gasteiger partial charge < -0.3 is 0 Å². The second-order valence-corrected chi connectivity index (χ2v) is 2.45. The van der Waals surface area contributed by atoms with E-state index in [4.69, 9.17) is 0 Å². The number of hydrogen-bond donors (Lipinski definition) is 0. The number of alkyl halides is 1. The molecule has 0 aliphatic heterocycles. The first-order valence-corrected chi connectivity index (χ1v) is 3.97. The van der Waals surface area contributed by atoms with Crippen molar-refractivity contribution >= 4 is 21.6 Å². The zero-order valence-electron chi connectivity index (χ0n) is 5.25. The van der Waals surface area contributed by atoms with Gasteiger partial charge in [-0.05, 0) is 22.9 Å². The molecule has 0 saturated heterocycles. The normalized spacial score (nSPS) is 9.30. The predicted molar refractivity (Wildman–Crippen MR) is 44.5 cm³/mol. The van der Waals surface area contributed by atoms with Crippen molar-refractivity contribution in [3.63, 3.8) is 0 Å². The Balaban J connectivity index is 2.90. The number of hydrogen-bond acceptors (Lipinski definition) is 2. The van der Waals surface area contributed by atoms with Gasteiger partial charge in [0, 0.05) is 5.33 Å². The van der Waals surface area contributed by atoms with E-state index in [0.717, 1.165) is 10.9 Å². The molecule has 0 amide bonds. The molecular weight excluding hydrogens is 194 g/mol. The van der Waals surface area contributed by atoms with Gasteiger partial charge in [0.05, 0.1) is 0 Å². The van der Waals surface area contributed by atoms with Gasteiger partial charge in [-0.15, -0.1) is 4.91 Å². The first kappa shape index (κ1) is 7.41. The first-order valence-electron chi connectivity index (χ1n) is 2.85. The highest BCUT2D eigenvalue weighted by Gasteiger charge is 1.90. The van der Waals surface area contributed by atoms with Crippen LogP contribution in [0.3, 0.4) is 0 Å². The fourth-order valence-electron chi connectivity index (χ4n) is 0.646. The fraction of sp³-hybridized carbons (Fsp3) is 0.143. The Morgan fingerprint density at radius 3 is 2.30 bits per heavy atom. The van der Waals surface area contributed by atoms with Crippen molar-refractivity contribution in [2.45, 2.75) is 5.33 Å². The summed E-state index contributed by atoms with van der Waals surface area (Å²) >= 11 is 3.30. The van der Waals surface area contributed by atoms with Gasteiger partial charge in [0.2, 0.25) is 0 Å². The second-order valence-electron chi connectivity index (χ2n) is 1.89. The molecule has 0 aliphatic carbocycles. The van der Waals surface area contributed by atoms with Crippen molar-refractivity contribution in [1.29, 1.82) is 0 Å². The molecule has 0 aromatic heterocycles. The molecule has 0 N–H and O–H groups in total. The van der Waals surface area contributed by atoms with Crippen molar-refractivity contribution in [3.8, 4) is 0 Å². The summed E-state index contributed by atoms with van der Waals surface area (Å²) in [6.07, 6.45) is 0. The molecule has 0 radical (unpaired) electrons. The maximum atomic E-state index is 9.94. The van der Waals surface area contributed by atoms with Crippen LogP contribution in [0.4, 0.5) is 5.69 Å². The molecule has 1 rings (SSSR count). The van der Waals surface area contributed by atoms with Crippen molar-refractivity contribution in [1.82, 2.24) is 0 Å². The Hall–Kier alpha value is -0.700. The smallest absolute Gasteiger partial charge is 0.108 e. The van der Waals surface area contributed by atoms with Crippen molar-refractivity contribution < 1.29 is 0 Å². The predicted octanol–water partition coefficient (Wildman–Crippen LogP) is 2.98. The van der Waals surface area contributed by atoms with E-state index in [1.807, 2.05) is 12.1 Å². The van der Waals surface area contributed by atoms with Crippen LogP contribution in [0.5, 0.6) is 0 Å². The van der Waals surface area contributed by atoms with E-state index >= 15 is 0 Å². The molecule has 0 atom stereocenters. The minimum atomic E-state index is 0.477. The lowest BCUT2D eigenvalue weighted by Crippen LogP contribution is -1.72. The van der Waals surface area contributed by atoms with E-state index in [2.05, 4.69) is 21.1 Å². The standard InChI is InChI=1S/C7H6BrNO/c8-5-6-1-3-7(9-10)4-2-6/h1-4H,5H2. The van der Waals surface area contributed by atoms with Crippen LogP contribution in [0, 0.1) is 4.91 Å². The summed E-state index contributed by atoms with van der Waals surface area (Å²) < 4.78 is 0. The van der Waals surface area contributed by atoms with Gasteiger partial charge in [-0.3, -0.25) is 0 Å². The van der Waals surface area contributed by atoms with E-state index in [0.29, 0.717) is 5.69 Å². The molecule has 3 heteroatoms. The van der Waals surface area contributed by atoms with Crippen molar-refractivity contribution in [2.75, 3.05) is 0 Å². The monoisotopic (exact) mass is 199 g/mol. The Morgan fingerprint density at radius 1 is 1.30 bits per heavy atom. The fourth-order valence-corrected chi connectivity index (χ4v) is 1.02. The molecule has 1 aromatic carbocycles. The maximum Gasteiger partial charge on any atom is 0.108 e. The third-order valence-electron chi connectivity index (χ3n) is 1.20. The lowest BCUT2D eigenvalue weighted by Gasteiger charge is -1.92. The van der Waals surface area contributed by atoms with Crippen molar-refractivity contribution in [3.05, 3.63) is 34.7 Å². The van der Waals surface area contributed by atoms with Gasteiger partial charge >= 0.3 is 0 Å². The average molecular weight is 200 g/mol. The molecule has 2 nitrogen and oxygen atoms in total. The van der Waals surface area contributed by atoms with Crippen LogP contribution in [-0.2, 0) is 5.33 Å². The number of rotatable bonds is 2. The highest BCUT2D eigenvalue weighted by Crippen LogP contribution is 2.13. The van der Waals surface area contributed by atoms with Crippen LogP contribution in [0.15, 0.2) is 29.4 Å². The van der Waals surface area contributed by atoms with E-state index in [1.54, 1.807) is 12.1 Å². The molecule has 0 bridgehead atoms. The molecule has 0 heterocycles.